The van der Waals surface area contributed by atoms with Gasteiger partial charge in [-0.3, -0.25) is 9.62 Å². The fraction of sp³-hybridized carbons (Fsp3) is 0.314. The summed E-state index contributed by atoms with van der Waals surface area (Å²) >= 11 is 6.33. The monoisotopic (exact) mass is 658 g/mol. The molecule has 0 heterocycles. The van der Waals surface area contributed by atoms with Gasteiger partial charge < -0.3 is 4.74 Å². The van der Waals surface area contributed by atoms with E-state index < -0.39 is 27.0 Å². The van der Waals surface area contributed by atoms with Gasteiger partial charge in [-0.1, -0.05) is 90.5 Å². The van der Waals surface area contributed by atoms with E-state index in [1.165, 1.54) is 6.07 Å². The Morgan fingerprint density at radius 1 is 0.889 bits per heavy atom. The second-order valence-electron chi connectivity index (χ2n) is 11.3. The van der Waals surface area contributed by atoms with Gasteiger partial charge in [0.05, 0.1) is 28.1 Å². The van der Waals surface area contributed by atoms with Crippen molar-refractivity contribution in [2.75, 3.05) is 24.4 Å². The van der Waals surface area contributed by atoms with E-state index >= 15 is 0 Å². The number of benzene rings is 4. The molecule has 0 aliphatic rings. The lowest BCUT2D eigenvalue weighted by Gasteiger charge is -2.29. The summed E-state index contributed by atoms with van der Waals surface area (Å²) in [6, 6.07) is 29.2. The number of anilines is 1. The van der Waals surface area contributed by atoms with Crippen LogP contribution in [0.1, 0.15) is 54.0 Å². The molecule has 45 heavy (non-hydrogen) atoms. The van der Waals surface area contributed by atoms with Gasteiger partial charge in [-0.25, -0.2) is 8.42 Å². The van der Waals surface area contributed by atoms with Crippen molar-refractivity contribution in [3.8, 4) is 5.75 Å². The zero-order valence-corrected chi connectivity index (χ0v) is 27.1. The number of halogens is 4. The largest absolute Gasteiger partial charge is 0.493 e. The van der Waals surface area contributed by atoms with Crippen molar-refractivity contribution >= 4 is 27.3 Å². The third-order valence-corrected chi connectivity index (χ3v) is 9.78. The van der Waals surface area contributed by atoms with E-state index in [1.807, 2.05) is 43.3 Å². The van der Waals surface area contributed by atoms with Crippen LogP contribution < -0.4 is 9.46 Å². The molecule has 0 spiro atoms. The molecule has 0 bridgehead atoms. The van der Waals surface area contributed by atoms with E-state index in [2.05, 4.69) is 33.9 Å². The normalized spacial score (nSPS) is 12.2. The number of nitrogens with one attached hydrogen (secondary N) is 1. The summed E-state index contributed by atoms with van der Waals surface area (Å²) in [7, 11) is -3.51. The van der Waals surface area contributed by atoms with E-state index in [0.717, 1.165) is 22.8 Å². The molecule has 0 unspecified atom stereocenters. The van der Waals surface area contributed by atoms with Crippen LogP contribution in [-0.4, -0.2) is 38.3 Å². The molecule has 0 aromatic heterocycles. The predicted octanol–water partition coefficient (Wildman–Crippen LogP) is 8.92. The highest BCUT2D eigenvalue weighted by Gasteiger charge is 2.34. The first-order valence-corrected chi connectivity index (χ1v) is 16.7. The Hall–Kier alpha value is -3.53. The van der Waals surface area contributed by atoms with Crippen LogP contribution in [-0.2, 0) is 22.7 Å². The molecular formula is C35H38ClF3N2O3S. The molecule has 240 valence electrons. The summed E-state index contributed by atoms with van der Waals surface area (Å²) in [4.78, 5) is 2.11. The van der Waals surface area contributed by atoms with Crippen LogP contribution in [0.15, 0.2) is 97.1 Å². The highest BCUT2D eigenvalue weighted by atomic mass is 35.5. The van der Waals surface area contributed by atoms with Gasteiger partial charge in [0.2, 0.25) is 10.0 Å². The van der Waals surface area contributed by atoms with Crippen molar-refractivity contribution < 1.29 is 26.3 Å². The zero-order chi connectivity index (χ0) is 32.6. The van der Waals surface area contributed by atoms with Crippen LogP contribution in [0, 0.1) is 6.92 Å². The minimum Gasteiger partial charge on any atom is -0.493 e. The lowest BCUT2D eigenvalue weighted by molar-refractivity contribution is -0.137. The average molecular weight is 659 g/mol. The minimum atomic E-state index is -4.56. The van der Waals surface area contributed by atoms with Gasteiger partial charge in [-0.2, -0.15) is 13.2 Å². The van der Waals surface area contributed by atoms with Crippen LogP contribution in [0.3, 0.4) is 0 Å². The summed E-state index contributed by atoms with van der Waals surface area (Å²) < 4.78 is 74.4. The highest BCUT2D eigenvalue weighted by molar-refractivity contribution is 7.93. The van der Waals surface area contributed by atoms with Gasteiger partial charge in [0.15, 0.2) is 0 Å². The van der Waals surface area contributed by atoms with Crippen LogP contribution in [0.25, 0.3) is 0 Å². The molecule has 0 aliphatic heterocycles. The maximum Gasteiger partial charge on any atom is 0.417 e. The van der Waals surface area contributed by atoms with Crippen molar-refractivity contribution in [3.05, 3.63) is 130 Å². The molecule has 0 saturated heterocycles. The Morgan fingerprint density at radius 2 is 1.51 bits per heavy atom. The summed E-state index contributed by atoms with van der Waals surface area (Å²) in [5.74, 6) is 0.517. The Labute approximate surface area is 269 Å². The molecule has 0 fully saturated rings. The van der Waals surface area contributed by atoms with Crippen molar-refractivity contribution in [3.63, 3.8) is 0 Å². The smallest absolute Gasteiger partial charge is 0.417 e. The highest BCUT2D eigenvalue weighted by Crippen LogP contribution is 2.37. The number of hydrogen-bond acceptors (Lipinski definition) is 4. The first-order valence-electron chi connectivity index (χ1n) is 14.8. The summed E-state index contributed by atoms with van der Waals surface area (Å²) in [6.07, 6.45) is -3.99. The molecule has 5 nitrogen and oxygen atoms in total. The molecule has 4 aromatic carbocycles. The topological polar surface area (TPSA) is 58.6 Å². The maximum absolute atomic E-state index is 13.7. The van der Waals surface area contributed by atoms with E-state index in [4.69, 9.17) is 16.3 Å². The van der Waals surface area contributed by atoms with Gasteiger partial charge in [0, 0.05) is 31.6 Å². The Balaban J connectivity index is 1.55. The summed E-state index contributed by atoms with van der Waals surface area (Å²) in [5, 5.41) is -0.881. The molecule has 4 rings (SSSR count). The van der Waals surface area contributed by atoms with Crippen molar-refractivity contribution in [2.24, 2.45) is 0 Å². The number of aryl methyl sites for hydroxylation is 1. The summed E-state index contributed by atoms with van der Waals surface area (Å²) in [6.45, 7) is 6.66. The third kappa shape index (κ3) is 9.48. The molecule has 0 radical (unpaired) electrons. The van der Waals surface area contributed by atoms with Gasteiger partial charge in [-0.15, -0.1) is 0 Å². The number of nitrogens with zero attached hydrogens (tertiary/aromatic N) is 1. The van der Waals surface area contributed by atoms with Crippen molar-refractivity contribution in [2.45, 2.75) is 51.1 Å². The Morgan fingerprint density at radius 3 is 2.09 bits per heavy atom. The minimum absolute atomic E-state index is 0.0363. The molecular weight excluding hydrogens is 621 g/mol. The van der Waals surface area contributed by atoms with Crippen LogP contribution in [0.5, 0.6) is 5.75 Å². The SMILES string of the molecule is Cc1ccc(NS(=O)(=O)C(C)C)cc1OCCCN(Cc1cccc(C(F)(F)F)c1Cl)CC(c1ccccc1)c1ccccc1. The molecule has 0 amide bonds. The van der Waals surface area contributed by atoms with Gasteiger partial charge in [0.1, 0.15) is 5.75 Å². The van der Waals surface area contributed by atoms with Crippen molar-refractivity contribution in [1.29, 1.82) is 0 Å². The maximum atomic E-state index is 13.7. The number of alkyl halides is 3. The molecule has 0 atom stereocenters. The first kappa shape index (κ1) is 34.3. The van der Waals surface area contributed by atoms with Gasteiger partial charge in [0.25, 0.3) is 0 Å². The number of sulfonamides is 1. The first-order chi connectivity index (χ1) is 21.3. The molecule has 0 saturated carbocycles. The van der Waals surface area contributed by atoms with E-state index in [1.54, 1.807) is 38.1 Å². The Kier molecular flexibility index (Phi) is 11.6. The van der Waals surface area contributed by atoms with Crippen LogP contribution in [0.2, 0.25) is 5.02 Å². The fourth-order valence-corrected chi connectivity index (χ4v) is 5.98. The van der Waals surface area contributed by atoms with Crippen LogP contribution in [0.4, 0.5) is 18.9 Å². The predicted molar refractivity (Wildman–Crippen MR) is 175 cm³/mol. The third-order valence-electron chi connectivity index (χ3n) is 7.57. The summed E-state index contributed by atoms with van der Waals surface area (Å²) in [5.41, 5.74) is 3.00. The fourth-order valence-electron chi connectivity index (χ4n) is 5.00. The average Bonchev–Trinajstić information content (AvgIpc) is 3.00. The van der Waals surface area contributed by atoms with E-state index in [0.29, 0.717) is 43.1 Å². The standard InChI is InChI=1S/C35H38ClF3N2O3S/c1-25(2)45(42,43)40-30-19-18-26(3)33(22-30)44-21-11-20-41(23-29-16-10-17-32(34(29)36)35(37,38)39)24-31(27-12-6-4-7-13-27)28-14-8-5-9-15-28/h4-10,12-19,22,25,31,40H,11,20-21,23-24H2,1-3H3. The molecule has 10 heteroatoms. The molecule has 4 aromatic rings. The van der Waals surface area contributed by atoms with E-state index in [9.17, 15) is 21.6 Å². The lowest BCUT2D eigenvalue weighted by atomic mass is 9.90. The second kappa shape index (κ2) is 15.2. The van der Waals surface area contributed by atoms with Gasteiger partial charge in [-0.05, 0) is 61.6 Å². The quantitative estimate of drug-likeness (QED) is 0.138. The van der Waals surface area contributed by atoms with E-state index in [-0.39, 0.29) is 17.5 Å². The molecule has 0 aliphatic carbocycles. The van der Waals surface area contributed by atoms with Crippen molar-refractivity contribution in [1.82, 2.24) is 4.90 Å². The number of rotatable bonds is 14. The lowest BCUT2D eigenvalue weighted by Crippen LogP contribution is -2.31. The molecule has 1 N–H and O–H groups in total. The van der Waals surface area contributed by atoms with Gasteiger partial charge >= 0.3 is 6.18 Å². The zero-order valence-electron chi connectivity index (χ0n) is 25.5. The second-order valence-corrected chi connectivity index (χ2v) is 13.9. The number of hydrogen-bond donors (Lipinski definition) is 1. The Bertz CT molecular complexity index is 1610. The van der Waals surface area contributed by atoms with Crippen LogP contribution >= 0.6 is 11.6 Å². The number of ether oxygens (including phenoxy) is 1.